The molecule has 0 aliphatic carbocycles. The zero-order chi connectivity index (χ0) is 23.4. The SMILES string of the molecule is CCc1ccccc1Oc1ccc(OCc2c(OC)cccc2-n2nnn(C)c2=O)c(C)c1. The van der Waals surface area contributed by atoms with Crippen molar-refractivity contribution in [1.82, 2.24) is 19.8 Å². The van der Waals surface area contributed by atoms with Crippen LogP contribution in [0.1, 0.15) is 23.6 Å². The second-order valence-corrected chi connectivity index (χ2v) is 7.53. The second-order valence-electron chi connectivity index (χ2n) is 7.53. The summed E-state index contributed by atoms with van der Waals surface area (Å²) < 4.78 is 20.1. The molecule has 0 aliphatic rings. The number of ether oxygens (including phenoxy) is 3. The van der Waals surface area contributed by atoms with Gasteiger partial charge in [-0.1, -0.05) is 31.2 Å². The normalized spacial score (nSPS) is 10.8. The Kier molecular flexibility index (Phi) is 6.44. The Bertz CT molecular complexity index is 1330. The van der Waals surface area contributed by atoms with Gasteiger partial charge < -0.3 is 14.2 Å². The van der Waals surface area contributed by atoms with E-state index in [9.17, 15) is 4.79 Å². The molecule has 0 saturated heterocycles. The molecule has 0 bridgehead atoms. The molecule has 0 amide bonds. The molecule has 3 aromatic carbocycles. The largest absolute Gasteiger partial charge is 0.496 e. The molecule has 0 unspecified atom stereocenters. The van der Waals surface area contributed by atoms with Gasteiger partial charge in [-0.25, -0.2) is 4.79 Å². The third kappa shape index (κ3) is 4.59. The van der Waals surface area contributed by atoms with Gasteiger partial charge in [0.1, 0.15) is 29.6 Å². The van der Waals surface area contributed by atoms with Crippen molar-refractivity contribution in [1.29, 1.82) is 0 Å². The summed E-state index contributed by atoms with van der Waals surface area (Å²) in [4.78, 5) is 12.4. The van der Waals surface area contributed by atoms with E-state index in [0.29, 0.717) is 22.7 Å². The van der Waals surface area contributed by atoms with E-state index in [-0.39, 0.29) is 12.3 Å². The number of hydrogen-bond acceptors (Lipinski definition) is 6. The van der Waals surface area contributed by atoms with Crippen molar-refractivity contribution < 1.29 is 14.2 Å². The molecule has 1 heterocycles. The monoisotopic (exact) mass is 446 g/mol. The van der Waals surface area contributed by atoms with Crippen LogP contribution in [0, 0.1) is 6.92 Å². The number of para-hydroxylation sites is 1. The number of methoxy groups -OCH3 is 1. The van der Waals surface area contributed by atoms with Crippen molar-refractivity contribution >= 4 is 0 Å². The lowest BCUT2D eigenvalue weighted by atomic mass is 10.1. The average Bonchev–Trinajstić information content (AvgIpc) is 3.16. The first-order valence-corrected chi connectivity index (χ1v) is 10.7. The summed E-state index contributed by atoms with van der Waals surface area (Å²) in [5.41, 5.74) is 2.98. The molecule has 0 atom stereocenters. The van der Waals surface area contributed by atoms with E-state index in [1.807, 2.05) is 49.4 Å². The first kappa shape index (κ1) is 22.1. The molecule has 4 aromatic rings. The first-order chi connectivity index (χ1) is 16.0. The molecule has 0 N–H and O–H groups in total. The molecule has 0 spiro atoms. The number of rotatable bonds is 8. The van der Waals surface area contributed by atoms with Crippen molar-refractivity contribution in [2.45, 2.75) is 26.9 Å². The van der Waals surface area contributed by atoms with E-state index >= 15 is 0 Å². The molecular weight excluding hydrogens is 420 g/mol. The van der Waals surface area contributed by atoms with Crippen molar-refractivity contribution in [2.24, 2.45) is 7.05 Å². The molecule has 0 radical (unpaired) electrons. The summed E-state index contributed by atoms with van der Waals surface area (Å²) in [6.45, 7) is 4.25. The van der Waals surface area contributed by atoms with E-state index < -0.39 is 0 Å². The highest BCUT2D eigenvalue weighted by Gasteiger charge is 2.16. The van der Waals surface area contributed by atoms with Crippen molar-refractivity contribution in [2.75, 3.05) is 7.11 Å². The van der Waals surface area contributed by atoms with Crippen LogP contribution in [0.4, 0.5) is 0 Å². The van der Waals surface area contributed by atoms with Crippen LogP contribution in [0.25, 0.3) is 5.69 Å². The van der Waals surface area contributed by atoms with Crippen LogP contribution >= 0.6 is 0 Å². The lowest BCUT2D eigenvalue weighted by molar-refractivity contribution is 0.293. The topological polar surface area (TPSA) is 80.4 Å². The number of hydrogen-bond donors (Lipinski definition) is 0. The Balaban J connectivity index is 1.57. The molecular formula is C25H26N4O4. The maximum atomic E-state index is 12.4. The summed E-state index contributed by atoms with van der Waals surface area (Å²) in [5.74, 6) is 2.89. The Morgan fingerprint density at radius 1 is 0.939 bits per heavy atom. The summed E-state index contributed by atoms with van der Waals surface area (Å²) in [6.07, 6.45) is 0.895. The van der Waals surface area contributed by atoms with Crippen LogP contribution < -0.4 is 19.9 Å². The van der Waals surface area contributed by atoms with Crippen LogP contribution in [-0.4, -0.2) is 26.9 Å². The minimum absolute atomic E-state index is 0.183. The zero-order valence-electron chi connectivity index (χ0n) is 19.1. The highest BCUT2D eigenvalue weighted by Crippen LogP contribution is 2.31. The minimum Gasteiger partial charge on any atom is -0.496 e. The number of tetrazole rings is 1. The van der Waals surface area contributed by atoms with E-state index in [1.165, 1.54) is 9.36 Å². The Morgan fingerprint density at radius 2 is 1.73 bits per heavy atom. The molecule has 1 aromatic heterocycles. The molecule has 8 nitrogen and oxygen atoms in total. The Morgan fingerprint density at radius 3 is 2.42 bits per heavy atom. The summed E-state index contributed by atoms with van der Waals surface area (Å²) in [6, 6.07) is 19.1. The predicted molar refractivity (Wildman–Crippen MR) is 125 cm³/mol. The molecule has 8 heteroatoms. The number of aromatic nitrogens is 4. The maximum absolute atomic E-state index is 12.4. The van der Waals surface area contributed by atoms with Crippen LogP contribution in [0.2, 0.25) is 0 Å². The van der Waals surface area contributed by atoms with E-state index in [1.54, 1.807) is 26.3 Å². The van der Waals surface area contributed by atoms with Crippen LogP contribution in [-0.2, 0) is 20.1 Å². The summed E-state index contributed by atoms with van der Waals surface area (Å²) in [7, 11) is 3.13. The Hall–Kier alpha value is -4.07. The Labute approximate surface area is 191 Å². The van der Waals surface area contributed by atoms with Gasteiger partial charge in [0.2, 0.25) is 0 Å². The van der Waals surface area contributed by atoms with Gasteiger partial charge in [-0.15, -0.1) is 0 Å². The summed E-state index contributed by atoms with van der Waals surface area (Å²) in [5, 5.41) is 7.75. The fourth-order valence-corrected chi connectivity index (χ4v) is 3.57. The van der Waals surface area contributed by atoms with E-state index in [0.717, 1.165) is 29.0 Å². The van der Waals surface area contributed by atoms with Gasteiger partial charge in [0, 0.05) is 7.05 Å². The average molecular weight is 447 g/mol. The molecule has 33 heavy (non-hydrogen) atoms. The molecule has 0 aliphatic heterocycles. The lowest BCUT2D eigenvalue weighted by Gasteiger charge is -2.16. The minimum atomic E-state index is -0.352. The maximum Gasteiger partial charge on any atom is 0.368 e. The van der Waals surface area contributed by atoms with Gasteiger partial charge in [0.05, 0.1) is 18.4 Å². The van der Waals surface area contributed by atoms with E-state index in [2.05, 4.69) is 23.4 Å². The third-order valence-corrected chi connectivity index (χ3v) is 5.38. The predicted octanol–water partition coefficient (Wildman–Crippen LogP) is 4.22. The standard InChI is InChI=1S/C25H26N4O4/c1-5-18-9-6-7-11-23(18)33-19-13-14-22(17(2)15-19)32-16-20-21(10-8-12-24(20)31-4)29-25(30)28(3)26-27-29/h6-15H,5,16H2,1-4H3. The highest BCUT2D eigenvalue weighted by molar-refractivity contribution is 5.49. The first-order valence-electron chi connectivity index (χ1n) is 10.7. The molecule has 170 valence electrons. The molecule has 4 rings (SSSR count). The third-order valence-electron chi connectivity index (χ3n) is 5.38. The molecule has 0 fully saturated rings. The van der Waals surface area contributed by atoms with Gasteiger partial charge >= 0.3 is 5.69 Å². The summed E-state index contributed by atoms with van der Waals surface area (Å²) >= 11 is 0. The van der Waals surface area contributed by atoms with Crippen molar-refractivity contribution in [3.63, 3.8) is 0 Å². The van der Waals surface area contributed by atoms with Gasteiger partial charge in [-0.05, 0) is 71.3 Å². The van der Waals surface area contributed by atoms with Crippen molar-refractivity contribution in [3.05, 3.63) is 87.8 Å². The van der Waals surface area contributed by atoms with E-state index in [4.69, 9.17) is 14.2 Å². The smallest absolute Gasteiger partial charge is 0.368 e. The van der Waals surface area contributed by atoms with Crippen LogP contribution in [0.5, 0.6) is 23.0 Å². The van der Waals surface area contributed by atoms with Gasteiger partial charge in [-0.3, -0.25) is 0 Å². The second kappa shape index (κ2) is 9.60. The fourth-order valence-electron chi connectivity index (χ4n) is 3.57. The van der Waals surface area contributed by atoms with Gasteiger partial charge in [0.15, 0.2) is 0 Å². The lowest BCUT2D eigenvalue weighted by Crippen LogP contribution is -2.23. The fraction of sp³-hybridized carbons (Fsp3) is 0.240. The number of aryl methyl sites for hydroxylation is 3. The van der Waals surface area contributed by atoms with Crippen molar-refractivity contribution in [3.8, 4) is 28.7 Å². The van der Waals surface area contributed by atoms with Crippen LogP contribution in [0.3, 0.4) is 0 Å². The van der Waals surface area contributed by atoms with Gasteiger partial charge in [-0.2, -0.15) is 9.36 Å². The zero-order valence-corrected chi connectivity index (χ0v) is 19.1. The van der Waals surface area contributed by atoms with Gasteiger partial charge in [0.25, 0.3) is 0 Å². The quantitative estimate of drug-likeness (QED) is 0.403. The van der Waals surface area contributed by atoms with Crippen LogP contribution in [0.15, 0.2) is 65.5 Å². The number of benzene rings is 3. The highest BCUT2D eigenvalue weighted by atomic mass is 16.5. The number of nitrogens with zero attached hydrogens (tertiary/aromatic N) is 4. The molecule has 0 saturated carbocycles.